The fourth-order valence-corrected chi connectivity index (χ4v) is 1.89. The van der Waals surface area contributed by atoms with Crippen molar-refractivity contribution in [2.24, 2.45) is 0 Å². The van der Waals surface area contributed by atoms with Crippen molar-refractivity contribution in [2.75, 3.05) is 24.8 Å². The number of amides is 1. The zero-order valence-electron chi connectivity index (χ0n) is 12.0. The monoisotopic (exact) mass is 289 g/mol. The topological polar surface area (TPSA) is 63.2 Å². The Labute approximate surface area is 122 Å². The van der Waals surface area contributed by atoms with Gasteiger partial charge in [0, 0.05) is 30.7 Å². The van der Waals surface area contributed by atoms with Crippen molar-refractivity contribution < 1.29 is 13.9 Å². The Kier molecular flexibility index (Phi) is 4.37. The van der Waals surface area contributed by atoms with E-state index in [1.807, 2.05) is 6.92 Å². The minimum absolute atomic E-state index is 0.126. The number of hydrogen-bond donors (Lipinski definition) is 2. The van der Waals surface area contributed by atoms with Crippen molar-refractivity contribution in [1.29, 1.82) is 0 Å². The third-order valence-corrected chi connectivity index (χ3v) is 2.96. The highest BCUT2D eigenvalue weighted by Gasteiger charge is 2.13. The van der Waals surface area contributed by atoms with Crippen LogP contribution in [0.3, 0.4) is 0 Å². The summed E-state index contributed by atoms with van der Waals surface area (Å²) in [6.45, 7) is 1.83. The zero-order chi connectivity index (χ0) is 15.4. The van der Waals surface area contributed by atoms with Gasteiger partial charge >= 0.3 is 0 Å². The molecule has 5 nitrogen and oxygen atoms in total. The smallest absolute Gasteiger partial charge is 0.259 e. The van der Waals surface area contributed by atoms with E-state index >= 15 is 0 Å². The molecule has 0 bridgehead atoms. The number of aromatic nitrogens is 1. The Bertz CT molecular complexity index is 674. The van der Waals surface area contributed by atoms with Gasteiger partial charge in [-0.15, -0.1) is 0 Å². The maximum absolute atomic E-state index is 13.6. The molecule has 0 spiro atoms. The second-order valence-electron chi connectivity index (χ2n) is 4.42. The van der Waals surface area contributed by atoms with Gasteiger partial charge in [-0.25, -0.2) is 4.39 Å². The third-order valence-electron chi connectivity index (χ3n) is 2.96. The molecule has 1 aromatic carbocycles. The van der Waals surface area contributed by atoms with Gasteiger partial charge < -0.3 is 15.4 Å². The van der Waals surface area contributed by atoms with E-state index in [9.17, 15) is 9.18 Å². The van der Waals surface area contributed by atoms with Gasteiger partial charge in [0.25, 0.3) is 5.91 Å². The highest BCUT2D eigenvalue weighted by atomic mass is 19.1. The Morgan fingerprint density at radius 3 is 2.71 bits per heavy atom. The van der Waals surface area contributed by atoms with Crippen LogP contribution in [0.4, 0.5) is 15.8 Å². The molecule has 2 rings (SSSR count). The van der Waals surface area contributed by atoms with Crippen LogP contribution < -0.4 is 15.4 Å². The molecule has 2 aromatic rings. The summed E-state index contributed by atoms with van der Waals surface area (Å²) in [5, 5.41) is 5.57. The van der Waals surface area contributed by atoms with Gasteiger partial charge in [-0.2, -0.15) is 0 Å². The summed E-state index contributed by atoms with van der Waals surface area (Å²) in [7, 11) is 3.10. The molecule has 0 aliphatic carbocycles. The van der Waals surface area contributed by atoms with Crippen molar-refractivity contribution in [3.05, 3.63) is 47.5 Å². The van der Waals surface area contributed by atoms with Gasteiger partial charge in [0.15, 0.2) is 11.6 Å². The number of carbonyl (C=O) groups excluding carboxylic acids is 1. The summed E-state index contributed by atoms with van der Waals surface area (Å²) in [6.07, 6.45) is 1.48. The first-order valence-corrected chi connectivity index (χ1v) is 6.34. The summed E-state index contributed by atoms with van der Waals surface area (Å²) in [6, 6.07) is 6.00. The number of halogens is 1. The highest BCUT2D eigenvalue weighted by molar-refractivity contribution is 6.07. The van der Waals surface area contributed by atoms with E-state index in [2.05, 4.69) is 15.6 Å². The molecule has 0 aliphatic heterocycles. The number of ether oxygens (including phenoxy) is 1. The first-order valence-electron chi connectivity index (χ1n) is 6.34. The van der Waals surface area contributed by atoms with Crippen molar-refractivity contribution in [1.82, 2.24) is 4.98 Å². The van der Waals surface area contributed by atoms with E-state index in [1.165, 1.54) is 25.4 Å². The summed E-state index contributed by atoms with van der Waals surface area (Å²) in [5.74, 6) is -0.775. The number of rotatable bonds is 4. The molecular formula is C15H16FN3O2. The Hall–Kier alpha value is -2.63. The van der Waals surface area contributed by atoms with E-state index in [0.717, 1.165) is 5.69 Å². The lowest BCUT2D eigenvalue weighted by atomic mass is 10.2. The molecule has 2 N–H and O–H groups in total. The normalized spacial score (nSPS) is 10.1. The summed E-state index contributed by atoms with van der Waals surface area (Å²) >= 11 is 0. The highest BCUT2D eigenvalue weighted by Crippen LogP contribution is 2.22. The van der Waals surface area contributed by atoms with Crippen LogP contribution in [0.25, 0.3) is 0 Å². The number of nitrogens with one attached hydrogen (secondary N) is 2. The predicted octanol–water partition coefficient (Wildman–Crippen LogP) is 2.83. The zero-order valence-corrected chi connectivity index (χ0v) is 12.0. The second kappa shape index (κ2) is 6.21. The van der Waals surface area contributed by atoms with E-state index in [0.29, 0.717) is 16.9 Å². The molecule has 0 fully saturated rings. The quantitative estimate of drug-likeness (QED) is 0.908. The Balaban J connectivity index is 2.24. The van der Waals surface area contributed by atoms with Gasteiger partial charge in [0.1, 0.15) is 0 Å². The number of hydrogen-bond acceptors (Lipinski definition) is 4. The van der Waals surface area contributed by atoms with Crippen LogP contribution in [0.1, 0.15) is 16.1 Å². The third kappa shape index (κ3) is 3.28. The molecule has 1 amide bonds. The average molecular weight is 289 g/mol. The first-order chi connectivity index (χ1) is 10.0. The van der Waals surface area contributed by atoms with Crippen LogP contribution in [0.2, 0.25) is 0 Å². The summed E-state index contributed by atoms with van der Waals surface area (Å²) < 4.78 is 18.4. The average Bonchev–Trinajstić information content (AvgIpc) is 2.47. The first kappa shape index (κ1) is 14.8. The van der Waals surface area contributed by atoms with Crippen molar-refractivity contribution in [3.63, 3.8) is 0 Å². The minimum Gasteiger partial charge on any atom is -0.494 e. The molecule has 0 unspecified atom stereocenters. The molecule has 0 aliphatic rings. The number of anilines is 2. The number of carbonyl (C=O) groups is 1. The molecule has 0 saturated heterocycles. The van der Waals surface area contributed by atoms with Gasteiger partial charge in [-0.3, -0.25) is 9.78 Å². The van der Waals surface area contributed by atoms with Crippen LogP contribution in [-0.4, -0.2) is 25.0 Å². The fourth-order valence-electron chi connectivity index (χ4n) is 1.89. The van der Waals surface area contributed by atoms with Gasteiger partial charge in [0.2, 0.25) is 0 Å². The predicted molar refractivity (Wildman–Crippen MR) is 79.4 cm³/mol. The van der Waals surface area contributed by atoms with E-state index < -0.39 is 5.82 Å². The molecular weight excluding hydrogens is 273 g/mol. The molecule has 1 heterocycles. The lowest BCUT2D eigenvalue weighted by Gasteiger charge is -2.11. The molecule has 0 atom stereocenters. The lowest BCUT2D eigenvalue weighted by molar-refractivity contribution is 0.102. The van der Waals surface area contributed by atoms with Crippen molar-refractivity contribution in [3.8, 4) is 5.75 Å². The van der Waals surface area contributed by atoms with Crippen molar-refractivity contribution in [2.45, 2.75) is 6.92 Å². The van der Waals surface area contributed by atoms with Crippen LogP contribution in [0, 0.1) is 12.7 Å². The Morgan fingerprint density at radius 2 is 2.10 bits per heavy atom. The molecule has 1 aromatic heterocycles. The van der Waals surface area contributed by atoms with Gasteiger partial charge in [-0.1, -0.05) is 0 Å². The molecule has 110 valence electrons. The summed E-state index contributed by atoms with van der Waals surface area (Å²) in [5.41, 5.74) is 2.20. The summed E-state index contributed by atoms with van der Waals surface area (Å²) in [4.78, 5) is 16.3. The largest absolute Gasteiger partial charge is 0.494 e. The van der Waals surface area contributed by atoms with Gasteiger partial charge in [0.05, 0.1) is 18.4 Å². The fraction of sp³-hybridized carbons (Fsp3) is 0.200. The molecule has 0 radical (unpaired) electrons. The van der Waals surface area contributed by atoms with Crippen LogP contribution >= 0.6 is 0 Å². The molecule has 21 heavy (non-hydrogen) atoms. The standard InChI is InChI=1S/C15H16FN3O2/c1-9-6-13(17-2)11(8-18-9)15(20)19-10-4-5-14(21-3)12(16)7-10/h4-8H,1-3H3,(H,17,18)(H,19,20). The van der Waals surface area contributed by atoms with E-state index in [-0.39, 0.29) is 11.7 Å². The maximum Gasteiger partial charge on any atom is 0.259 e. The van der Waals surface area contributed by atoms with Crippen molar-refractivity contribution >= 4 is 17.3 Å². The van der Waals surface area contributed by atoms with Crippen LogP contribution in [-0.2, 0) is 0 Å². The van der Waals surface area contributed by atoms with Gasteiger partial charge in [-0.05, 0) is 25.1 Å². The number of nitrogens with zero attached hydrogens (tertiary/aromatic N) is 1. The number of benzene rings is 1. The molecule has 0 saturated carbocycles. The maximum atomic E-state index is 13.6. The number of methoxy groups -OCH3 is 1. The SMILES string of the molecule is CNc1cc(C)ncc1C(=O)Nc1ccc(OC)c(F)c1. The van der Waals surface area contributed by atoms with Crippen LogP contribution in [0.5, 0.6) is 5.75 Å². The van der Waals surface area contributed by atoms with E-state index in [1.54, 1.807) is 19.2 Å². The number of aryl methyl sites for hydroxylation is 1. The minimum atomic E-state index is -0.536. The lowest BCUT2D eigenvalue weighted by Crippen LogP contribution is -2.15. The molecule has 6 heteroatoms. The number of pyridine rings is 1. The van der Waals surface area contributed by atoms with E-state index in [4.69, 9.17) is 4.74 Å². The second-order valence-corrected chi connectivity index (χ2v) is 4.42. The van der Waals surface area contributed by atoms with Crippen LogP contribution in [0.15, 0.2) is 30.5 Å². The Morgan fingerprint density at radius 1 is 1.33 bits per heavy atom.